The lowest BCUT2D eigenvalue weighted by Gasteiger charge is -2.14. The third kappa shape index (κ3) is 2.21. The van der Waals surface area contributed by atoms with Gasteiger partial charge in [-0.05, 0) is 34.4 Å². The molecule has 2 aromatic carbocycles. The quantitative estimate of drug-likeness (QED) is 0.921. The minimum Gasteiger partial charge on any atom is -0.372 e. The molecule has 0 fully saturated rings. The Morgan fingerprint density at radius 2 is 1.78 bits per heavy atom. The highest BCUT2D eigenvalue weighted by Crippen LogP contribution is 2.27. The van der Waals surface area contributed by atoms with Crippen LogP contribution in [0.3, 0.4) is 0 Å². The zero-order valence-electron chi connectivity index (χ0n) is 9.90. The molecule has 3 heteroatoms. The van der Waals surface area contributed by atoms with E-state index in [0.717, 1.165) is 22.2 Å². The molecule has 0 bridgehead atoms. The van der Waals surface area contributed by atoms with Crippen molar-refractivity contribution in [3.05, 3.63) is 69.2 Å². The fourth-order valence-electron chi connectivity index (χ4n) is 2.28. The first-order chi connectivity index (χ1) is 8.74. The highest BCUT2D eigenvalue weighted by atomic mass is 79.9. The van der Waals surface area contributed by atoms with Gasteiger partial charge in [0.25, 0.3) is 0 Å². The summed E-state index contributed by atoms with van der Waals surface area (Å²) in [5.41, 5.74) is 11.1. The smallest absolute Gasteiger partial charge is 0.0725 e. The van der Waals surface area contributed by atoms with Crippen LogP contribution < -0.4 is 5.73 Å². The van der Waals surface area contributed by atoms with Crippen LogP contribution in [0.25, 0.3) is 0 Å². The van der Waals surface area contributed by atoms with Gasteiger partial charge in [0.05, 0.1) is 19.3 Å². The van der Waals surface area contributed by atoms with Crippen molar-refractivity contribution in [3.63, 3.8) is 0 Å². The molecule has 2 N–H and O–H groups in total. The predicted octanol–water partition coefficient (Wildman–Crippen LogP) is 3.53. The number of nitrogens with two attached hydrogens (primary N) is 1. The maximum absolute atomic E-state index is 6.32. The van der Waals surface area contributed by atoms with Gasteiger partial charge in [0.1, 0.15) is 0 Å². The van der Waals surface area contributed by atoms with E-state index in [1.54, 1.807) is 0 Å². The number of benzene rings is 2. The van der Waals surface area contributed by atoms with Crippen molar-refractivity contribution in [2.45, 2.75) is 19.3 Å². The first-order valence-corrected chi connectivity index (χ1v) is 6.74. The summed E-state index contributed by atoms with van der Waals surface area (Å²) in [4.78, 5) is 0. The molecular formula is C15H14BrNO. The lowest BCUT2D eigenvalue weighted by molar-refractivity contribution is 0.134. The first-order valence-electron chi connectivity index (χ1n) is 5.94. The average molecular weight is 304 g/mol. The number of rotatable bonds is 2. The van der Waals surface area contributed by atoms with E-state index in [2.05, 4.69) is 46.3 Å². The summed E-state index contributed by atoms with van der Waals surface area (Å²) >= 11 is 3.48. The summed E-state index contributed by atoms with van der Waals surface area (Å²) in [7, 11) is 0. The summed E-state index contributed by atoms with van der Waals surface area (Å²) in [6, 6.07) is 14.4. The van der Waals surface area contributed by atoms with Crippen molar-refractivity contribution in [2.75, 3.05) is 0 Å². The highest BCUT2D eigenvalue weighted by Gasteiger charge is 2.15. The van der Waals surface area contributed by atoms with Gasteiger partial charge >= 0.3 is 0 Å². The van der Waals surface area contributed by atoms with Crippen LogP contribution in [0.5, 0.6) is 0 Å². The molecule has 1 heterocycles. The van der Waals surface area contributed by atoms with Gasteiger partial charge in [0, 0.05) is 4.47 Å². The molecule has 0 aliphatic carbocycles. The van der Waals surface area contributed by atoms with Gasteiger partial charge in [0.15, 0.2) is 0 Å². The number of hydrogen-bond acceptors (Lipinski definition) is 2. The van der Waals surface area contributed by atoms with Crippen molar-refractivity contribution in [1.29, 1.82) is 0 Å². The Kier molecular flexibility index (Phi) is 3.20. The second-order valence-electron chi connectivity index (χ2n) is 4.55. The van der Waals surface area contributed by atoms with Gasteiger partial charge < -0.3 is 10.5 Å². The van der Waals surface area contributed by atoms with E-state index < -0.39 is 0 Å². The Morgan fingerprint density at radius 1 is 1.00 bits per heavy atom. The molecule has 0 aromatic heterocycles. The second-order valence-corrected chi connectivity index (χ2v) is 5.47. The molecule has 2 aromatic rings. The van der Waals surface area contributed by atoms with Crippen LogP contribution in [-0.4, -0.2) is 0 Å². The minimum absolute atomic E-state index is 0.0894. The van der Waals surface area contributed by atoms with Crippen LogP contribution in [0.1, 0.15) is 28.3 Å². The fourth-order valence-corrected chi connectivity index (χ4v) is 2.69. The maximum Gasteiger partial charge on any atom is 0.0725 e. The second kappa shape index (κ2) is 4.84. The Hall–Kier alpha value is -1.16. The van der Waals surface area contributed by atoms with E-state index in [-0.39, 0.29) is 6.04 Å². The van der Waals surface area contributed by atoms with Crippen molar-refractivity contribution in [3.8, 4) is 0 Å². The lowest BCUT2D eigenvalue weighted by Crippen LogP contribution is -2.12. The molecule has 0 saturated heterocycles. The molecule has 1 aliphatic heterocycles. The van der Waals surface area contributed by atoms with Crippen LogP contribution >= 0.6 is 15.9 Å². The Labute approximate surface area is 115 Å². The van der Waals surface area contributed by atoms with Crippen molar-refractivity contribution >= 4 is 15.9 Å². The Bertz CT molecular complexity index is 582. The molecular weight excluding hydrogens is 290 g/mol. The predicted molar refractivity (Wildman–Crippen MR) is 75.1 cm³/mol. The van der Waals surface area contributed by atoms with E-state index in [4.69, 9.17) is 10.5 Å². The van der Waals surface area contributed by atoms with E-state index in [1.165, 1.54) is 11.1 Å². The normalized spacial score (nSPS) is 15.4. The number of ether oxygens (including phenoxy) is 1. The molecule has 92 valence electrons. The van der Waals surface area contributed by atoms with Gasteiger partial charge in [-0.3, -0.25) is 0 Å². The van der Waals surface area contributed by atoms with Crippen LogP contribution in [0.15, 0.2) is 46.9 Å². The zero-order valence-corrected chi connectivity index (χ0v) is 11.5. The van der Waals surface area contributed by atoms with Crippen LogP contribution in [-0.2, 0) is 18.0 Å². The summed E-state index contributed by atoms with van der Waals surface area (Å²) < 4.78 is 6.48. The topological polar surface area (TPSA) is 35.2 Å². The largest absolute Gasteiger partial charge is 0.372 e. The number of halogens is 1. The molecule has 3 rings (SSSR count). The molecule has 2 nitrogen and oxygen atoms in total. The molecule has 0 radical (unpaired) electrons. The third-order valence-electron chi connectivity index (χ3n) is 3.31. The van der Waals surface area contributed by atoms with Crippen LogP contribution in [0.4, 0.5) is 0 Å². The molecule has 18 heavy (non-hydrogen) atoms. The molecule has 0 spiro atoms. The highest BCUT2D eigenvalue weighted by molar-refractivity contribution is 9.10. The number of hydrogen-bond donors (Lipinski definition) is 1. The minimum atomic E-state index is -0.0894. The fraction of sp³-hybridized carbons (Fsp3) is 0.200. The summed E-state index contributed by atoms with van der Waals surface area (Å²) in [5, 5.41) is 0. The Morgan fingerprint density at radius 3 is 2.61 bits per heavy atom. The molecule has 1 aliphatic rings. The summed E-state index contributed by atoms with van der Waals surface area (Å²) in [6.45, 7) is 1.43. The monoisotopic (exact) mass is 303 g/mol. The molecule has 1 atom stereocenters. The maximum atomic E-state index is 6.32. The van der Waals surface area contributed by atoms with Gasteiger partial charge in [-0.25, -0.2) is 0 Å². The number of fused-ring (bicyclic) bond motifs is 1. The van der Waals surface area contributed by atoms with Gasteiger partial charge in [0.2, 0.25) is 0 Å². The third-order valence-corrected chi connectivity index (χ3v) is 3.81. The van der Waals surface area contributed by atoms with Crippen molar-refractivity contribution in [2.24, 2.45) is 5.73 Å². The summed E-state index contributed by atoms with van der Waals surface area (Å²) in [6.07, 6.45) is 0. The molecule has 0 saturated carbocycles. The van der Waals surface area contributed by atoms with E-state index in [9.17, 15) is 0 Å². The SMILES string of the molecule is NC(c1cccc(Br)c1)c1ccc2c(c1)COC2. The Balaban J connectivity index is 1.95. The van der Waals surface area contributed by atoms with Gasteiger partial charge in [-0.1, -0.05) is 46.3 Å². The van der Waals surface area contributed by atoms with Crippen molar-refractivity contribution in [1.82, 2.24) is 0 Å². The van der Waals surface area contributed by atoms with Gasteiger partial charge in [-0.15, -0.1) is 0 Å². The molecule has 0 amide bonds. The van der Waals surface area contributed by atoms with Crippen LogP contribution in [0.2, 0.25) is 0 Å². The molecule has 1 unspecified atom stereocenters. The first kappa shape index (κ1) is 11.9. The van der Waals surface area contributed by atoms with Crippen molar-refractivity contribution < 1.29 is 4.74 Å². The van der Waals surface area contributed by atoms with E-state index >= 15 is 0 Å². The van der Waals surface area contributed by atoms with E-state index in [1.807, 2.05) is 12.1 Å². The van der Waals surface area contributed by atoms with Crippen LogP contribution in [0, 0.1) is 0 Å². The lowest BCUT2D eigenvalue weighted by atomic mass is 9.96. The standard InChI is InChI=1S/C15H14BrNO/c16-14-3-1-2-10(7-14)15(17)11-4-5-12-8-18-9-13(12)6-11/h1-7,15H,8-9,17H2. The average Bonchev–Trinajstić information content (AvgIpc) is 2.85. The van der Waals surface area contributed by atoms with Gasteiger partial charge in [-0.2, -0.15) is 0 Å². The summed E-state index contributed by atoms with van der Waals surface area (Å²) in [5.74, 6) is 0. The zero-order chi connectivity index (χ0) is 12.5. The van der Waals surface area contributed by atoms with E-state index in [0.29, 0.717) is 6.61 Å².